The first-order valence-electron chi connectivity index (χ1n) is 6.08. The van der Waals surface area contributed by atoms with Gasteiger partial charge in [0, 0.05) is 19.8 Å². The molecule has 0 spiro atoms. The van der Waals surface area contributed by atoms with E-state index >= 15 is 0 Å². The van der Waals surface area contributed by atoms with E-state index in [-0.39, 0.29) is 0 Å². The van der Waals surface area contributed by atoms with E-state index in [0.29, 0.717) is 12.5 Å². The van der Waals surface area contributed by atoms with Crippen molar-refractivity contribution >= 4 is 10.0 Å². The summed E-state index contributed by atoms with van der Waals surface area (Å²) in [6.45, 7) is 0.443. The Hall–Kier alpha value is -1.01. The van der Waals surface area contributed by atoms with Crippen molar-refractivity contribution in [2.75, 3.05) is 13.6 Å². The maximum Gasteiger partial charge on any atom is 0.263 e. The van der Waals surface area contributed by atoms with Crippen molar-refractivity contribution < 1.29 is 12.8 Å². The Morgan fingerprint density at radius 2 is 2.11 bits per heavy atom. The Bertz CT molecular complexity index is 513. The summed E-state index contributed by atoms with van der Waals surface area (Å²) in [5, 5.41) is -0.481. The molecular formula is C12H17FN2O2S. The molecule has 18 heavy (non-hydrogen) atoms. The average molecular weight is 272 g/mol. The van der Waals surface area contributed by atoms with Crippen LogP contribution in [0.15, 0.2) is 23.4 Å². The van der Waals surface area contributed by atoms with Gasteiger partial charge < -0.3 is 0 Å². The van der Waals surface area contributed by atoms with Gasteiger partial charge in [0.25, 0.3) is 10.0 Å². The summed E-state index contributed by atoms with van der Waals surface area (Å²) in [5.74, 6) is -0.410. The molecule has 1 fully saturated rings. The molecular weight excluding hydrogens is 255 g/mol. The summed E-state index contributed by atoms with van der Waals surface area (Å²) < 4.78 is 39.0. The molecule has 0 bridgehead atoms. The second-order valence-corrected chi connectivity index (χ2v) is 6.69. The van der Waals surface area contributed by atoms with E-state index in [0.717, 1.165) is 31.7 Å². The molecule has 1 aliphatic rings. The fourth-order valence-corrected chi connectivity index (χ4v) is 3.57. The van der Waals surface area contributed by atoms with Crippen LogP contribution in [0.2, 0.25) is 0 Å². The SMILES string of the molecule is CN(CC1CCCC1)S(=O)(=O)c1ncccc1F. The van der Waals surface area contributed by atoms with Gasteiger partial charge in [0.05, 0.1) is 0 Å². The molecule has 1 heterocycles. The lowest BCUT2D eigenvalue weighted by molar-refractivity contribution is 0.383. The summed E-state index contributed by atoms with van der Waals surface area (Å²) in [6, 6.07) is 2.49. The molecule has 4 nitrogen and oxygen atoms in total. The van der Waals surface area contributed by atoms with E-state index in [1.54, 1.807) is 0 Å². The highest BCUT2D eigenvalue weighted by Gasteiger charge is 2.28. The summed E-state index contributed by atoms with van der Waals surface area (Å²) in [7, 11) is -2.32. The highest BCUT2D eigenvalue weighted by Crippen LogP contribution is 2.27. The molecule has 0 unspecified atom stereocenters. The molecule has 1 aliphatic carbocycles. The number of pyridine rings is 1. The van der Waals surface area contributed by atoms with Gasteiger partial charge in [0.1, 0.15) is 0 Å². The molecule has 0 N–H and O–H groups in total. The van der Waals surface area contributed by atoms with E-state index in [9.17, 15) is 12.8 Å². The molecule has 2 rings (SSSR count). The van der Waals surface area contributed by atoms with Gasteiger partial charge in [-0.05, 0) is 30.9 Å². The summed E-state index contributed by atoms with van der Waals surface area (Å²) in [6.07, 6.45) is 5.68. The fourth-order valence-electron chi connectivity index (χ4n) is 2.36. The lowest BCUT2D eigenvalue weighted by Crippen LogP contribution is -2.32. The fraction of sp³-hybridized carbons (Fsp3) is 0.583. The molecule has 1 aromatic rings. The van der Waals surface area contributed by atoms with Crippen molar-refractivity contribution in [1.82, 2.24) is 9.29 Å². The maximum atomic E-state index is 13.5. The summed E-state index contributed by atoms with van der Waals surface area (Å²) >= 11 is 0. The molecule has 0 aliphatic heterocycles. The van der Waals surface area contributed by atoms with Gasteiger partial charge >= 0.3 is 0 Å². The predicted octanol–water partition coefficient (Wildman–Crippen LogP) is 2.03. The lowest BCUT2D eigenvalue weighted by Gasteiger charge is -2.20. The number of sulfonamides is 1. The summed E-state index contributed by atoms with van der Waals surface area (Å²) in [5.41, 5.74) is 0. The first-order chi connectivity index (χ1) is 8.51. The van der Waals surface area contributed by atoms with Gasteiger partial charge in [-0.3, -0.25) is 0 Å². The number of halogens is 1. The zero-order valence-corrected chi connectivity index (χ0v) is 11.2. The molecule has 0 aromatic carbocycles. The topological polar surface area (TPSA) is 50.3 Å². The minimum absolute atomic E-state index is 0.386. The van der Waals surface area contributed by atoms with Crippen LogP contribution in [0.4, 0.5) is 4.39 Å². The van der Waals surface area contributed by atoms with E-state index in [1.807, 2.05) is 0 Å². The van der Waals surface area contributed by atoms with Crippen LogP contribution in [-0.2, 0) is 10.0 Å². The number of hydrogen-bond donors (Lipinski definition) is 0. The van der Waals surface area contributed by atoms with Crippen molar-refractivity contribution in [2.24, 2.45) is 5.92 Å². The number of aromatic nitrogens is 1. The Balaban J connectivity index is 2.17. The zero-order chi connectivity index (χ0) is 13.2. The largest absolute Gasteiger partial charge is 0.263 e. The van der Waals surface area contributed by atoms with Gasteiger partial charge in [-0.1, -0.05) is 12.8 Å². The van der Waals surface area contributed by atoms with Crippen molar-refractivity contribution in [1.29, 1.82) is 0 Å². The molecule has 100 valence electrons. The maximum absolute atomic E-state index is 13.5. The smallest absolute Gasteiger partial charge is 0.241 e. The van der Waals surface area contributed by atoms with Gasteiger partial charge in [0.2, 0.25) is 5.03 Å². The first kappa shape index (κ1) is 13.4. The number of hydrogen-bond acceptors (Lipinski definition) is 3. The highest BCUT2D eigenvalue weighted by atomic mass is 32.2. The normalized spacial score (nSPS) is 17.5. The lowest BCUT2D eigenvalue weighted by atomic mass is 10.1. The molecule has 0 radical (unpaired) electrons. The van der Waals surface area contributed by atoms with Crippen LogP contribution in [0, 0.1) is 11.7 Å². The first-order valence-corrected chi connectivity index (χ1v) is 7.52. The van der Waals surface area contributed by atoms with Crippen molar-refractivity contribution in [3.8, 4) is 0 Å². The minimum atomic E-state index is -3.81. The van der Waals surface area contributed by atoms with E-state index in [1.165, 1.54) is 23.6 Å². The van der Waals surface area contributed by atoms with E-state index < -0.39 is 20.9 Å². The Labute approximate surface area is 107 Å². The van der Waals surface area contributed by atoms with Crippen molar-refractivity contribution in [3.63, 3.8) is 0 Å². The van der Waals surface area contributed by atoms with Crippen LogP contribution in [0.1, 0.15) is 25.7 Å². The Morgan fingerprint density at radius 1 is 1.44 bits per heavy atom. The number of rotatable bonds is 4. The van der Waals surface area contributed by atoms with Crippen LogP contribution in [-0.4, -0.2) is 31.3 Å². The van der Waals surface area contributed by atoms with Crippen LogP contribution in [0.25, 0.3) is 0 Å². The highest BCUT2D eigenvalue weighted by molar-refractivity contribution is 7.89. The molecule has 1 aromatic heterocycles. The Kier molecular flexibility index (Phi) is 3.97. The van der Waals surface area contributed by atoms with E-state index in [2.05, 4.69) is 4.98 Å². The molecule has 0 saturated heterocycles. The molecule has 1 saturated carbocycles. The van der Waals surface area contributed by atoms with Gasteiger partial charge in [-0.2, -0.15) is 4.31 Å². The quantitative estimate of drug-likeness (QED) is 0.842. The standard InChI is InChI=1S/C12H17FN2O2S/c1-15(9-10-5-2-3-6-10)18(16,17)12-11(13)7-4-8-14-12/h4,7-8,10H,2-3,5-6,9H2,1H3. The third-order valence-electron chi connectivity index (χ3n) is 3.37. The van der Waals surface area contributed by atoms with Gasteiger partial charge in [-0.15, -0.1) is 0 Å². The van der Waals surface area contributed by atoms with Gasteiger partial charge in [-0.25, -0.2) is 17.8 Å². The second-order valence-electron chi connectivity index (χ2n) is 4.73. The third kappa shape index (κ3) is 2.70. The molecule has 0 atom stereocenters. The number of nitrogens with zero attached hydrogens (tertiary/aromatic N) is 2. The predicted molar refractivity (Wildman–Crippen MR) is 66.0 cm³/mol. The van der Waals surface area contributed by atoms with Crippen molar-refractivity contribution in [2.45, 2.75) is 30.7 Å². The monoisotopic (exact) mass is 272 g/mol. The van der Waals surface area contributed by atoms with Crippen LogP contribution >= 0.6 is 0 Å². The molecule has 0 amide bonds. The minimum Gasteiger partial charge on any atom is -0.241 e. The molecule has 6 heteroatoms. The summed E-state index contributed by atoms with van der Waals surface area (Å²) in [4.78, 5) is 3.64. The van der Waals surface area contributed by atoms with Crippen LogP contribution < -0.4 is 0 Å². The van der Waals surface area contributed by atoms with Crippen molar-refractivity contribution in [3.05, 3.63) is 24.1 Å². The van der Waals surface area contributed by atoms with E-state index in [4.69, 9.17) is 0 Å². The average Bonchev–Trinajstić information content (AvgIpc) is 2.82. The third-order valence-corrected chi connectivity index (χ3v) is 5.13. The second kappa shape index (κ2) is 5.32. The van der Waals surface area contributed by atoms with Gasteiger partial charge in [0.15, 0.2) is 5.82 Å². The Morgan fingerprint density at radius 3 is 2.72 bits per heavy atom. The van der Waals surface area contributed by atoms with Crippen LogP contribution in [0.3, 0.4) is 0 Å². The van der Waals surface area contributed by atoms with Crippen LogP contribution in [0.5, 0.6) is 0 Å². The zero-order valence-electron chi connectivity index (χ0n) is 10.3.